The van der Waals surface area contributed by atoms with Crippen LogP contribution in [-0.2, 0) is 0 Å². The second kappa shape index (κ2) is 6.56. The first kappa shape index (κ1) is 15.1. The van der Waals surface area contributed by atoms with Gasteiger partial charge in [0.1, 0.15) is 10.7 Å². The molecule has 4 nitrogen and oxygen atoms in total. The Bertz CT molecular complexity index is 640. The summed E-state index contributed by atoms with van der Waals surface area (Å²) in [6, 6.07) is 2.33. The second-order valence-corrected chi connectivity index (χ2v) is 7.70. The summed E-state index contributed by atoms with van der Waals surface area (Å²) in [4.78, 5) is 20.2. The van der Waals surface area contributed by atoms with Gasteiger partial charge >= 0.3 is 0 Å². The lowest BCUT2D eigenvalue weighted by Gasteiger charge is -2.23. The van der Waals surface area contributed by atoms with Crippen LogP contribution < -0.4 is 5.32 Å². The number of nitrogens with zero attached hydrogens (tertiary/aromatic N) is 2. The average molecular weight is 386 g/mol. The minimum Gasteiger partial charge on any atom is -0.333 e. The Labute approximate surface area is 140 Å². The number of thiophene rings is 1. The number of carbonyl (C=O) groups is 1. The minimum atomic E-state index is 0.0610. The second-order valence-electron chi connectivity index (χ2n) is 5.02. The fourth-order valence-electron chi connectivity index (χ4n) is 2.61. The molecule has 1 N–H and O–H groups in total. The fourth-order valence-corrected chi connectivity index (χ4v) is 4.91. The molecule has 0 spiro atoms. The molecule has 0 radical (unpaired) electrons. The highest BCUT2D eigenvalue weighted by Gasteiger charge is 2.30. The first-order chi connectivity index (χ1) is 10.2. The molecule has 0 aromatic carbocycles. The molecule has 3 rings (SSSR count). The monoisotopic (exact) mass is 385 g/mol. The van der Waals surface area contributed by atoms with Crippen LogP contribution in [0.1, 0.15) is 23.3 Å². The molecule has 1 atom stereocenters. The van der Waals surface area contributed by atoms with Crippen molar-refractivity contribution in [2.45, 2.75) is 18.9 Å². The van der Waals surface area contributed by atoms with Crippen molar-refractivity contribution in [1.29, 1.82) is 0 Å². The molecule has 21 heavy (non-hydrogen) atoms. The summed E-state index contributed by atoms with van der Waals surface area (Å²) >= 11 is 6.62. The zero-order valence-corrected chi connectivity index (χ0v) is 14.9. The van der Waals surface area contributed by atoms with E-state index in [0.29, 0.717) is 11.7 Å². The molecule has 0 aliphatic carbocycles. The number of amides is 1. The molecule has 1 fully saturated rings. The zero-order valence-electron chi connectivity index (χ0n) is 11.6. The number of hydrogen-bond acceptors (Lipinski definition) is 5. The van der Waals surface area contributed by atoms with Gasteiger partial charge in [-0.25, -0.2) is 4.98 Å². The molecule has 1 amide bonds. The third-order valence-electron chi connectivity index (χ3n) is 3.58. The van der Waals surface area contributed by atoms with E-state index in [1.165, 1.54) is 11.3 Å². The summed E-state index contributed by atoms with van der Waals surface area (Å²) in [5.74, 6) is 0.0610. The first-order valence-electron chi connectivity index (χ1n) is 6.84. The van der Waals surface area contributed by atoms with Gasteiger partial charge in [0, 0.05) is 34.4 Å². The highest BCUT2D eigenvalue weighted by Crippen LogP contribution is 2.32. The summed E-state index contributed by atoms with van der Waals surface area (Å²) in [5, 5.41) is 7.98. The van der Waals surface area contributed by atoms with E-state index in [1.54, 1.807) is 11.3 Å². The molecule has 112 valence electrons. The predicted octanol–water partition coefficient (Wildman–Crippen LogP) is 3.46. The van der Waals surface area contributed by atoms with Crippen LogP contribution in [0.3, 0.4) is 0 Å². The molecule has 2 aromatic rings. The molecule has 1 unspecified atom stereocenters. The zero-order chi connectivity index (χ0) is 14.8. The number of likely N-dealkylation sites (N-methyl/N-ethyl adjacent to an activating group) is 1. The number of halogens is 1. The number of aromatic nitrogens is 1. The largest absolute Gasteiger partial charge is 0.333 e. The van der Waals surface area contributed by atoms with E-state index < -0.39 is 0 Å². The Hall–Kier alpha value is -0.760. The molecule has 2 aromatic heterocycles. The van der Waals surface area contributed by atoms with E-state index in [0.717, 1.165) is 40.3 Å². The van der Waals surface area contributed by atoms with Crippen LogP contribution >= 0.6 is 38.6 Å². The van der Waals surface area contributed by atoms with Gasteiger partial charge in [0.15, 0.2) is 0 Å². The van der Waals surface area contributed by atoms with Crippen LogP contribution in [0.5, 0.6) is 0 Å². The molecular weight excluding hydrogens is 370 g/mol. The normalized spacial score (nSPS) is 18.4. The summed E-state index contributed by atoms with van der Waals surface area (Å²) in [6.07, 6.45) is 2.15. The highest BCUT2D eigenvalue weighted by atomic mass is 79.9. The van der Waals surface area contributed by atoms with Crippen molar-refractivity contribution in [1.82, 2.24) is 15.2 Å². The van der Waals surface area contributed by atoms with Gasteiger partial charge in [-0.05, 0) is 41.9 Å². The van der Waals surface area contributed by atoms with Crippen molar-refractivity contribution in [3.63, 3.8) is 0 Å². The molecule has 1 saturated heterocycles. The molecule has 7 heteroatoms. The van der Waals surface area contributed by atoms with Crippen molar-refractivity contribution < 1.29 is 4.79 Å². The van der Waals surface area contributed by atoms with E-state index >= 15 is 0 Å². The summed E-state index contributed by atoms with van der Waals surface area (Å²) in [6.45, 7) is 1.68. The Morgan fingerprint density at radius 3 is 3.10 bits per heavy atom. The SMILES string of the molecule is CNCC1CCCN1C(=O)c1csc(-c2cc(Br)cs2)n1. The molecule has 0 saturated carbocycles. The van der Waals surface area contributed by atoms with Crippen LogP contribution in [0.15, 0.2) is 21.3 Å². The summed E-state index contributed by atoms with van der Waals surface area (Å²) in [5.41, 5.74) is 0.572. The van der Waals surface area contributed by atoms with E-state index in [9.17, 15) is 4.79 Å². The van der Waals surface area contributed by atoms with Crippen LogP contribution in [0.4, 0.5) is 0 Å². The van der Waals surface area contributed by atoms with Crippen molar-refractivity contribution in [3.8, 4) is 9.88 Å². The van der Waals surface area contributed by atoms with Gasteiger partial charge in [-0.3, -0.25) is 4.79 Å². The van der Waals surface area contributed by atoms with Gasteiger partial charge in [0.25, 0.3) is 5.91 Å². The molecular formula is C14H16BrN3OS2. The van der Waals surface area contributed by atoms with Crippen LogP contribution in [0.25, 0.3) is 9.88 Å². The molecule has 1 aliphatic heterocycles. The van der Waals surface area contributed by atoms with Gasteiger partial charge < -0.3 is 10.2 Å². The quantitative estimate of drug-likeness (QED) is 0.876. The van der Waals surface area contributed by atoms with E-state index in [2.05, 4.69) is 26.2 Å². The fraction of sp³-hybridized carbons (Fsp3) is 0.429. The number of thiazole rings is 1. The van der Waals surface area contributed by atoms with Crippen LogP contribution in [-0.4, -0.2) is 42.0 Å². The van der Waals surface area contributed by atoms with Crippen molar-refractivity contribution >= 4 is 44.5 Å². The van der Waals surface area contributed by atoms with Crippen LogP contribution in [0, 0.1) is 0 Å². The molecule has 3 heterocycles. The number of rotatable bonds is 4. The van der Waals surface area contributed by atoms with E-state index in [-0.39, 0.29) is 5.91 Å². The standard InChI is InChI=1S/C14H16BrN3OS2/c1-16-6-10-3-2-4-18(10)14(19)11-8-21-13(17-11)12-5-9(15)7-20-12/h5,7-8,10,16H,2-4,6H2,1H3. The predicted molar refractivity (Wildman–Crippen MR) is 91.1 cm³/mol. The maximum absolute atomic E-state index is 12.6. The van der Waals surface area contributed by atoms with Crippen molar-refractivity contribution in [2.75, 3.05) is 20.1 Å². The molecule has 0 bridgehead atoms. The smallest absolute Gasteiger partial charge is 0.273 e. The Kier molecular flexibility index (Phi) is 4.73. The number of likely N-dealkylation sites (tertiary alicyclic amines) is 1. The molecule has 1 aliphatic rings. The summed E-state index contributed by atoms with van der Waals surface area (Å²) < 4.78 is 1.05. The number of nitrogens with one attached hydrogen (secondary N) is 1. The number of carbonyl (C=O) groups excluding carboxylic acids is 1. The number of hydrogen-bond donors (Lipinski definition) is 1. The lowest BCUT2D eigenvalue weighted by molar-refractivity contribution is 0.0732. The topological polar surface area (TPSA) is 45.2 Å². The first-order valence-corrected chi connectivity index (χ1v) is 9.40. The highest BCUT2D eigenvalue weighted by molar-refractivity contribution is 9.10. The third kappa shape index (κ3) is 3.21. The maximum atomic E-state index is 12.6. The van der Waals surface area contributed by atoms with Crippen LogP contribution in [0.2, 0.25) is 0 Å². The van der Waals surface area contributed by atoms with Gasteiger partial charge in [-0.15, -0.1) is 22.7 Å². The third-order valence-corrected chi connectivity index (χ3v) is 6.28. The van der Waals surface area contributed by atoms with Crippen molar-refractivity contribution in [2.24, 2.45) is 0 Å². The Balaban J connectivity index is 1.78. The Morgan fingerprint density at radius 2 is 2.38 bits per heavy atom. The van der Waals surface area contributed by atoms with Gasteiger partial charge in [0.2, 0.25) is 0 Å². The lowest BCUT2D eigenvalue weighted by atomic mass is 10.2. The Morgan fingerprint density at radius 1 is 1.52 bits per heavy atom. The van der Waals surface area contributed by atoms with E-state index in [4.69, 9.17) is 0 Å². The summed E-state index contributed by atoms with van der Waals surface area (Å²) in [7, 11) is 1.93. The van der Waals surface area contributed by atoms with Gasteiger partial charge in [-0.2, -0.15) is 0 Å². The van der Waals surface area contributed by atoms with Gasteiger partial charge in [-0.1, -0.05) is 0 Å². The maximum Gasteiger partial charge on any atom is 0.273 e. The van der Waals surface area contributed by atoms with Crippen molar-refractivity contribution in [3.05, 3.63) is 27.0 Å². The van der Waals surface area contributed by atoms with Gasteiger partial charge in [0.05, 0.1) is 4.88 Å². The average Bonchev–Trinajstić information content (AvgIpc) is 3.17. The lowest BCUT2D eigenvalue weighted by Crippen LogP contribution is -2.40. The minimum absolute atomic E-state index is 0.0610. The van der Waals surface area contributed by atoms with E-state index in [1.807, 2.05) is 28.8 Å².